The predicted octanol–water partition coefficient (Wildman–Crippen LogP) is 0.512. The highest BCUT2D eigenvalue weighted by Crippen LogP contribution is 1.98. The van der Waals surface area contributed by atoms with Crippen LogP contribution in [0, 0.1) is 0 Å². The number of H-pyrrole nitrogens is 1. The highest BCUT2D eigenvalue weighted by Gasteiger charge is 1.96. The molecule has 1 aromatic rings. The number of rotatable bonds is 5. The van der Waals surface area contributed by atoms with E-state index in [2.05, 4.69) is 17.0 Å². The van der Waals surface area contributed by atoms with Crippen molar-refractivity contribution in [2.45, 2.75) is 39.2 Å². The van der Waals surface area contributed by atoms with Crippen molar-refractivity contribution in [1.82, 2.24) is 14.8 Å². The van der Waals surface area contributed by atoms with Crippen LogP contribution >= 0.6 is 0 Å². The third kappa shape index (κ3) is 3.16. The van der Waals surface area contributed by atoms with Crippen LogP contribution in [0.5, 0.6) is 0 Å². The van der Waals surface area contributed by atoms with Crippen LogP contribution in [0.1, 0.15) is 32.6 Å². The smallest absolute Gasteiger partial charge is 0.271 e. The minimum atomic E-state index is -0.445. The molecule has 0 aliphatic rings. The fourth-order valence-corrected chi connectivity index (χ4v) is 1.22. The van der Waals surface area contributed by atoms with Crippen LogP contribution in [0.3, 0.4) is 0 Å². The number of nitrogens with one attached hydrogen (secondary N) is 1. The van der Waals surface area contributed by atoms with Gasteiger partial charge in [-0.2, -0.15) is 5.10 Å². The van der Waals surface area contributed by atoms with Crippen molar-refractivity contribution in [3.8, 4) is 0 Å². The van der Waals surface area contributed by atoms with Gasteiger partial charge in [0.05, 0.1) is 0 Å². The number of aromatic nitrogens is 3. The maximum absolute atomic E-state index is 11.1. The first kappa shape index (κ1) is 10.7. The van der Waals surface area contributed by atoms with Gasteiger partial charge in [-0.25, -0.2) is 9.48 Å². The van der Waals surface area contributed by atoms with Crippen LogP contribution in [0.15, 0.2) is 15.8 Å². The van der Waals surface area contributed by atoms with E-state index >= 15 is 0 Å². The van der Waals surface area contributed by atoms with Gasteiger partial charge in [0.1, 0.15) is 6.20 Å². The van der Waals surface area contributed by atoms with Crippen LogP contribution < -0.4 is 11.2 Å². The quantitative estimate of drug-likeness (QED) is 0.699. The van der Waals surface area contributed by atoms with Crippen molar-refractivity contribution in [3.63, 3.8) is 0 Å². The first-order valence-corrected chi connectivity index (χ1v) is 4.90. The number of unbranched alkanes of at least 4 members (excludes halogenated alkanes) is 3. The molecule has 5 nitrogen and oxygen atoms in total. The molecule has 78 valence electrons. The van der Waals surface area contributed by atoms with Crippen molar-refractivity contribution in [3.05, 3.63) is 27.0 Å². The fraction of sp³-hybridized carbons (Fsp3) is 0.667. The number of hydrogen-bond donors (Lipinski definition) is 1. The molecule has 0 spiro atoms. The second-order valence-electron chi connectivity index (χ2n) is 3.22. The number of nitrogens with zero attached hydrogens (tertiary/aromatic N) is 2. The Morgan fingerprint density at radius 3 is 2.79 bits per heavy atom. The molecule has 14 heavy (non-hydrogen) atoms. The molecule has 5 heteroatoms. The maximum atomic E-state index is 11.1. The van der Waals surface area contributed by atoms with Gasteiger partial charge < -0.3 is 0 Å². The molecule has 0 saturated carbocycles. The summed E-state index contributed by atoms with van der Waals surface area (Å²) in [6, 6.07) is 0. The minimum absolute atomic E-state index is 0.422. The van der Waals surface area contributed by atoms with Gasteiger partial charge in [-0.3, -0.25) is 9.78 Å². The van der Waals surface area contributed by atoms with E-state index in [9.17, 15) is 9.59 Å². The standard InChI is InChI=1S/C9H15N3O2/c1-2-3-4-5-6-12-9(14)11-8(13)7-10-12/h7H,2-6H2,1H3,(H,11,13,14). The molecule has 1 heterocycles. The lowest BCUT2D eigenvalue weighted by Crippen LogP contribution is -2.31. The summed E-state index contributed by atoms with van der Waals surface area (Å²) in [5, 5.41) is 3.74. The molecule has 0 saturated heterocycles. The van der Waals surface area contributed by atoms with Crippen LogP contribution in [0.2, 0.25) is 0 Å². The third-order valence-corrected chi connectivity index (χ3v) is 2.00. The molecule has 0 radical (unpaired) electrons. The summed E-state index contributed by atoms with van der Waals surface area (Å²) < 4.78 is 1.29. The Balaban J connectivity index is 2.51. The molecule has 0 aliphatic heterocycles. The second-order valence-corrected chi connectivity index (χ2v) is 3.22. The lowest BCUT2D eigenvalue weighted by atomic mass is 10.2. The summed E-state index contributed by atoms with van der Waals surface area (Å²) in [5.41, 5.74) is -0.867. The molecule has 0 aromatic carbocycles. The van der Waals surface area contributed by atoms with Crippen molar-refractivity contribution >= 4 is 0 Å². The Morgan fingerprint density at radius 2 is 2.14 bits per heavy atom. The Labute approximate surface area is 81.8 Å². The van der Waals surface area contributed by atoms with E-state index in [1.54, 1.807) is 0 Å². The summed E-state index contributed by atoms with van der Waals surface area (Å²) in [5.74, 6) is 0. The summed E-state index contributed by atoms with van der Waals surface area (Å²) in [6.07, 6.45) is 5.46. The topological polar surface area (TPSA) is 67.8 Å². The van der Waals surface area contributed by atoms with E-state index < -0.39 is 11.2 Å². The van der Waals surface area contributed by atoms with Gasteiger partial charge in [-0.1, -0.05) is 26.2 Å². The average Bonchev–Trinajstić information content (AvgIpc) is 2.15. The maximum Gasteiger partial charge on any atom is 0.344 e. The summed E-state index contributed by atoms with van der Waals surface area (Å²) >= 11 is 0. The first-order valence-electron chi connectivity index (χ1n) is 4.90. The van der Waals surface area contributed by atoms with E-state index in [1.807, 2.05) is 0 Å². The molecule has 0 amide bonds. The van der Waals surface area contributed by atoms with Crippen LogP contribution in [0.4, 0.5) is 0 Å². The molecule has 1 aromatic heterocycles. The van der Waals surface area contributed by atoms with Gasteiger partial charge in [-0.05, 0) is 6.42 Å². The van der Waals surface area contributed by atoms with E-state index in [0.29, 0.717) is 6.54 Å². The predicted molar refractivity (Wildman–Crippen MR) is 53.3 cm³/mol. The number of hydrogen-bond acceptors (Lipinski definition) is 3. The van der Waals surface area contributed by atoms with Gasteiger partial charge in [0.15, 0.2) is 0 Å². The van der Waals surface area contributed by atoms with Crippen molar-refractivity contribution in [1.29, 1.82) is 0 Å². The normalized spacial score (nSPS) is 10.4. The Hall–Kier alpha value is -1.39. The highest BCUT2D eigenvalue weighted by molar-refractivity contribution is 4.68. The van der Waals surface area contributed by atoms with Gasteiger partial charge in [-0.15, -0.1) is 0 Å². The first-order chi connectivity index (χ1) is 6.74. The molecule has 0 bridgehead atoms. The van der Waals surface area contributed by atoms with Crippen molar-refractivity contribution < 1.29 is 0 Å². The summed E-state index contributed by atoms with van der Waals surface area (Å²) in [7, 11) is 0. The molecule has 0 aliphatic carbocycles. The van der Waals surface area contributed by atoms with Gasteiger partial charge in [0, 0.05) is 6.54 Å². The molecule has 1 rings (SSSR count). The largest absolute Gasteiger partial charge is 0.344 e. The Bertz CT molecular complexity index is 380. The highest BCUT2D eigenvalue weighted by atomic mass is 16.2. The van der Waals surface area contributed by atoms with Gasteiger partial charge in [0.2, 0.25) is 0 Å². The van der Waals surface area contributed by atoms with Crippen molar-refractivity contribution in [2.75, 3.05) is 0 Å². The molecule has 0 atom stereocenters. The average molecular weight is 197 g/mol. The SMILES string of the molecule is CCCCCCn1ncc(=O)[nH]c1=O. The van der Waals surface area contributed by atoms with E-state index in [-0.39, 0.29) is 0 Å². The zero-order chi connectivity index (χ0) is 10.4. The zero-order valence-electron chi connectivity index (χ0n) is 8.32. The number of aryl methyl sites for hydroxylation is 1. The van der Waals surface area contributed by atoms with Crippen LogP contribution in [0.25, 0.3) is 0 Å². The molecular formula is C9H15N3O2. The summed E-state index contributed by atoms with van der Waals surface area (Å²) in [6.45, 7) is 2.71. The fourth-order valence-electron chi connectivity index (χ4n) is 1.22. The zero-order valence-corrected chi connectivity index (χ0v) is 8.32. The van der Waals surface area contributed by atoms with Crippen LogP contribution in [-0.4, -0.2) is 14.8 Å². The molecule has 0 unspecified atom stereocenters. The van der Waals surface area contributed by atoms with Crippen molar-refractivity contribution in [2.24, 2.45) is 0 Å². The van der Waals surface area contributed by atoms with Crippen LogP contribution in [-0.2, 0) is 6.54 Å². The summed E-state index contributed by atoms with van der Waals surface area (Å²) in [4.78, 5) is 24.0. The van der Waals surface area contributed by atoms with E-state index in [4.69, 9.17) is 0 Å². The Kier molecular flexibility index (Phi) is 4.10. The Morgan fingerprint density at radius 1 is 1.36 bits per heavy atom. The minimum Gasteiger partial charge on any atom is -0.271 e. The molecular weight excluding hydrogens is 182 g/mol. The second kappa shape index (κ2) is 5.36. The van der Waals surface area contributed by atoms with Gasteiger partial charge >= 0.3 is 5.69 Å². The van der Waals surface area contributed by atoms with E-state index in [0.717, 1.165) is 31.9 Å². The van der Waals surface area contributed by atoms with E-state index in [1.165, 1.54) is 4.68 Å². The monoisotopic (exact) mass is 197 g/mol. The third-order valence-electron chi connectivity index (χ3n) is 2.00. The number of aromatic amines is 1. The lowest BCUT2D eigenvalue weighted by Gasteiger charge is -2.01. The lowest BCUT2D eigenvalue weighted by molar-refractivity contribution is 0.505. The molecule has 0 fully saturated rings. The van der Waals surface area contributed by atoms with Gasteiger partial charge in [0.25, 0.3) is 5.56 Å². The molecule has 1 N–H and O–H groups in total.